The monoisotopic (exact) mass is 239 g/mol. The van der Waals surface area contributed by atoms with Crippen molar-refractivity contribution in [3.63, 3.8) is 0 Å². The topological polar surface area (TPSA) is 96.5 Å². The van der Waals surface area contributed by atoms with Crippen molar-refractivity contribution in [2.24, 2.45) is 5.92 Å². The Balaban J connectivity index is 2.03. The molecule has 17 heavy (non-hydrogen) atoms. The van der Waals surface area contributed by atoms with Gasteiger partial charge in [-0.05, 0) is 6.42 Å². The number of amides is 1. The molecular weight excluding hydrogens is 226 g/mol. The highest BCUT2D eigenvalue weighted by molar-refractivity contribution is 5.80. The highest BCUT2D eigenvalue weighted by Gasteiger charge is 2.30. The summed E-state index contributed by atoms with van der Waals surface area (Å²) in [5.74, 6) is -0.599. The van der Waals surface area contributed by atoms with E-state index in [4.69, 9.17) is 9.63 Å². The van der Waals surface area contributed by atoms with Gasteiger partial charge in [-0.25, -0.2) is 0 Å². The summed E-state index contributed by atoms with van der Waals surface area (Å²) in [5.41, 5.74) is 0. The van der Waals surface area contributed by atoms with Crippen molar-refractivity contribution < 1.29 is 19.2 Å². The molecule has 0 spiro atoms. The molecule has 0 aromatic carbocycles. The molecule has 0 radical (unpaired) electrons. The van der Waals surface area contributed by atoms with Gasteiger partial charge in [0.05, 0.1) is 12.5 Å². The standard InChI is InChI=1S/C10H13N3O4/c1-6-11-8(12-17-6)5-13-4-7(10(15)16)2-3-9(13)14/h7H,2-5H2,1H3,(H,15,16). The first-order valence-electron chi connectivity index (χ1n) is 5.36. The predicted molar refractivity (Wildman–Crippen MR) is 54.8 cm³/mol. The molecule has 1 atom stereocenters. The normalized spacial score (nSPS) is 20.6. The van der Waals surface area contributed by atoms with Crippen molar-refractivity contribution in [3.8, 4) is 0 Å². The van der Waals surface area contributed by atoms with Gasteiger partial charge >= 0.3 is 5.97 Å². The van der Waals surface area contributed by atoms with E-state index in [-0.39, 0.29) is 25.4 Å². The highest BCUT2D eigenvalue weighted by Crippen LogP contribution is 2.19. The average Bonchev–Trinajstić information content (AvgIpc) is 2.67. The largest absolute Gasteiger partial charge is 0.481 e. The summed E-state index contributed by atoms with van der Waals surface area (Å²) in [5, 5.41) is 12.6. The Kier molecular flexibility index (Phi) is 3.08. The second-order valence-electron chi connectivity index (χ2n) is 4.08. The van der Waals surface area contributed by atoms with E-state index in [2.05, 4.69) is 10.1 Å². The van der Waals surface area contributed by atoms with E-state index < -0.39 is 11.9 Å². The van der Waals surface area contributed by atoms with Crippen LogP contribution in [0.2, 0.25) is 0 Å². The van der Waals surface area contributed by atoms with Gasteiger partial charge in [0.1, 0.15) is 0 Å². The first-order valence-corrected chi connectivity index (χ1v) is 5.36. The van der Waals surface area contributed by atoms with Crippen LogP contribution in [0.4, 0.5) is 0 Å². The zero-order valence-electron chi connectivity index (χ0n) is 9.42. The Morgan fingerprint density at radius 2 is 2.41 bits per heavy atom. The van der Waals surface area contributed by atoms with Gasteiger partial charge in [0, 0.05) is 19.9 Å². The van der Waals surface area contributed by atoms with Crippen LogP contribution in [0.25, 0.3) is 0 Å². The molecule has 2 rings (SSSR count). The SMILES string of the molecule is Cc1nc(CN2CC(C(=O)O)CCC2=O)no1. The van der Waals surface area contributed by atoms with Gasteiger partial charge in [0.15, 0.2) is 5.82 Å². The van der Waals surface area contributed by atoms with Crippen LogP contribution in [-0.2, 0) is 16.1 Å². The highest BCUT2D eigenvalue weighted by atomic mass is 16.5. The van der Waals surface area contributed by atoms with Gasteiger partial charge in [-0.2, -0.15) is 4.98 Å². The van der Waals surface area contributed by atoms with E-state index in [9.17, 15) is 9.59 Å². The Bertz CT molecular complexity index is 443. The van der Waals surface area contributed by atoms with Crippen molar-refractivity contribution in [3.05, 3.63) is 11.7 Å². The van der Waals surface area contributed by atoms with Crippen molar-refractivity contribution in [1.29, 1.82) is 0 Å². The fourth-order valence-corrected chi connectivity index (χ4v) is 1.85. The van der Waals surface area contributed by atoms with Gasteiger partial charge < -0.3 is 14.5 Å². The molecular formula is C10H13N3O4. The van der Waals surface area contributed by atoms with E-state index in [0.29, 0.717) is 18.1 Å². The van der Waals surface area contributed by atoms with Crippen molar-refractivity contribution in [2.75, 3.05) is 6.54 Å². The number of carboxylic acids is 1. The summed E-state index contributed by atoms with van der Waals surface area (Å²) in [6.45, 7) is 2.08. The maximum Gasteiger partial charge on any atom is 0.308 e. The number of aryl methyl sites for hydroxylation is 1. The lowest BCUT2D eigenvalue weighted by Gasteiger charge is -2.29. The lowest BCUT2D eigenvalue weighted by molar-refractivity contribution is -0.147. The number of hydrogen-bond donors (Lipinski definition) is 1. The lowest BCUT2D eigenvalue weighted by atomic mass is 9.98. The number of aromatic nitrogens is 2. The fraction of sp³-hybridized carbons (Fsp3) is 0.600. The summed E-state index contributed by atoms with van der Waals surface area (Å²) < 4.78 is 4.80. The maximum atomic E-state index is 11.6. The second kappa shape index (κ2) is 4.52. The molecule has 7 heteroatoms. The van der Waals surface area contributed by atoms with Crippen LogP contribution in [-0.4, -0.2) is 38.6 Å². The molecule has 1 aromatic heterocycles. The first-order chi connectivity index (χ1) is 8.06. The van der Waals surface area contributed by atoms with Gasteiger partial charge in [-0.1, -0.05) is 5.16 Å². The average molecular weight is 239 g/mol. The third-order valence-corrected chi connectivity index (χ3v) is 2.75. The molecule has 1 N–H and O–H groups in total. The lowest BCUT2D eigenvalue weighted by Crippen LogP contribution is -2.42. The van der Waals surface area contributed by atoms with Gasteiger partial charge in [-0.15, -0.1) is 0 Å². The van der Waals surface area contributed by atoms with E-state index in [1.54, 1.807) is 6.92 Å². The van der Waals surface area contributed by atoms with E-state index in [1.807, 2.05) is 0 Å². The van der Waals surface area contributed by atoms with Crippen LogP contribution >= 0.6 is 0 Å². The van der Waals surface area contributed by atoms with Crippen LogP contribution in [0, 0.1) is 12.8 Å². The summed E-state index contributed by atoms with van der Waals surface area (Å²) in [4.78, 5) is 28.0. The Morgan fingerprint density at radius 1 is 1.65 bits per heavy atom. The van der Waals surface area contributed by atoms with Crippen molar-refractivity contribution in [1.82, 2.24) is 15.0 Å². The number of carbonyl (C=O) groups excluding carboxylic acids is 1. The quantitative estimate of drug-likeness (QED) is 0.809. The predicted octanol–water partition coefficient (Wildman–Crippen LogP) is 0.201. The number of likely N-dealkylation sites (tertiary alicyclic amines) is 1. The third-order valence-electron chi connectivity index (χ3n) is 2.75. The number of carbonyl (C=O) groups is 2. The molecule has 1 aliphatic rings. The summed E-state index contributed by atoms with van der Waals surface area (Å²) in [6, 6.07) is 0. The first kappa shape index (κ1) is 11.6. The summed E-state index contributed by atoms with van der Waals surface area (Å²) in [6.07, 6.45) is 0.656. The molecule has 1 unspecified atom stereocenters. The molecule has 0 bridgehead atoms. The van der Waals surface area contributed by atoms with Gasteiger partial charge in [0.2, 0.25) is 11.8 Å². The molecule has 92 valence electrons. The Hall–Kier alpha value is -1.92. The molecule has 1 amide bonds. The maximum absolute atomic E-state index is 11.6. The Morgan fingerprint density at radius 3 is 3.00 bits per heavy atom. The molecule has 1 aliphatic heterocycles. The van der Waals surface area contributed by atoms with Gasteiger partial charge in [0.25, 0.3) is 0 Å². The number of piperidine rings is 1. The minimum Gasteiger partial charge on any atom is -0.481 e. The van der Waals surface area contributed by atoms with Gasteiger partial charge in [-0.3, -0.25) is 9.59 Å². The van der Waals surface area contributed by atoms with E-state index >= 15 is 0 Å². The minimum atomic E-state index is -0.869. The zero-order chi connectivity index (χ0) is 12.4. The molecule has 1 saturated heterocycles. The van der Waals surface area contributed by atoms with Crippen LogP contribution in [0.3, 0.4) is 0 Å². The molecule has 7 nitrogen and oxygen atoms in total. The number of hydrogen-bond acceptors (Lipinski definition) is 5. The fourth-order valence-electron chi connectivity index (χ4n) is 1.85. The number of rotatable bonds is 3. The smallest absolute Gasteiger partial charge is 0.308 e. The summed E-state index contributed by atoms with van der Waals surface area (Å²) >= 11 is 0. The molecule has 1 aromatic rings. The molecule has 0 aliphatic carbocycles. The number of aliphatic carboxylic acids is 1. The van der Waals surface area contributed by atoms with E-state index in [0.717, 1.165) is 0 Å². The van der Waals surface area contributed by atoms with Crippen molar-refractivity contribution in [2.45, 2.75) is 26.3 Å². The zero-order valence-corrected chi connectivity index (χ0v) is 9.42. The van der Waals surface area contributed by atoms with Crippen LogP contribution in [0.5, 0.6) is 0 Å². The van der Waals surface area contributed by atoms with Crippen molar-refractivity contribution >= 4 is 11.9 Å². The molecule has 0 saturated carbocycles. The number of nitrogens with zero attached hydrogens (tertiary/aromatic N) is 3. The van der Waals surface area contributed by atoms with Crippen LogP contribution in [0.15, 0.2) is 4.52 Å². The van der Waals surface area contributed by atoms with Crippen LogP contribution < -0.4 is 0 Å². The second-order valence-corrected chi connectivity index (χ2v) is 4.08. The molecule has 1 fully saturated rings. The van der Waals surface area contributed by atoms with E-state index in [1.165, 1.54) is 4.90 Å². The third kappa shape index (κ3) is 2.61. The van der Waals surface area contributed by atoms with Crippen LogP contribution in [0.1, 0.15) is 24.6 Å². The summed E-state index contributed by atoms with van der Waals surface area (Å²) in [7, 11) is 0. The number of carboxylic acid groups (broad SMARTS) is 1. The molecule has 2 heterocycles. The minimum absolute atomic E-state index is 0.0649. The Labute approximate surface area is 97.4 Å².